The summed E-state index contributed by atoms with van der Waals surface area (Å²) in [5.74, 6) is -0.0336. The molecule has 2 N–H and O–H groups in total. The van der Waals surface area contributed by atoms with Crippen molar-refractivity contribution in [2.24, 2.45) is 0 Å². The molecule has 0 spiro atoms. The largest absolute Gasteiger partial charge is 0.351 e. The predicted molar refractivity (Wildman–Crippen MR) is 87.5 cm³/mol. The van der Waals surface area contributed by atoms with E-state index in [-0.39, 0.29) is 5.91 Å². The van der Waals surface area contributed by atoms with Crippen molar-refractivity contribution in [3.05, 3.63) is 47.3 Å². The molecule has 1 fully saturated rings. The van der Waals surface area contributed by atoms with E-state index < -0.39 is 0 Å². The van der Waals surface area contributed by atoms with Crippen molar-refractivity contribution in [3.8, 4) is 0 Å². The zero-order chi connectivity index (χ0) is 16.2. The summed E-state index contributed by atoms with van der Waals surface area (Å²) in [5.41, 5.74) is 4.22. The van der Waals surface area contributed by atoms with Gasteiger partial charge in [-0.25, -0.2) is 4.98 Å². The van der Waals surface area contributed by atoms with E-state index in [0.717, 1.165) is 42.3 Å². The monoisotopic (exact) mass is 313 g/mol. The van der Waals surface area contributed by atoms with Crippen LogP contribution in [-0.2, 0) is 17.9 Å². The molecular weight excluding hydrogens is 290 g/mol. The Kier molecular flexibility index (Phi) is 4.71. The van der Waals surface area contributed by atoms with Gasteiger partial charge in [-0.2, -0.15) is 0 Å². The van der Waals surface area contributed by atoms with Crippen molar-refractivity contribution in [1.82, 2.24) is 25.2 Å². The number of pyridine rings is 1. The second-order valence-electron chi connectivity index (χ2n) is 6.07. The minimum Gasteiger partial charge on any atom is -0.351 e. The van der Waals surface area contributed by atoms with Crippen molar-refractivity contribution in [1.29, 1.82) is 0 Å². The normalized spacial score (nSPS) is 18.3. The van der Waals surface area contributed by atoms with Gasteiger partial charge in [-0.1, -0.05) is 6.07 Å². The van der Waals surface area contributed by atoms with Crippen LogP contribution in [0.2, 0.25) is 0 Å². The summed E-state index contributed by atoms with van der Waals surface area (Å²) in [6.07, 6.45) is 4.04. The lowest BCUT2D eigenvalue weighted by Gasteiger charge is -2.24. The van der Waals surface area contributed by atoms with Gasteiger partial charge in [0.2, 0.25) is 5.91 Å². The van der Waals surface area contributed by atoms with Crippen LogP contribution in [0.25, 0.3) is 0 Å². The molecule has 6 nitrogen and oxygen atoms in total. The second-order valence-corrected chi connectivity index (χ2v) is 6.07. The van der Waals surface area contributed by atoms with Crippen LogP contribution in [0.1, 0.15) is 48.6 Å². The molecule has 0 saturated carbocycles. The summed E-state index contributed by atoms with van der Waals surface area (Å²) in [5, 5.41) is 2.81. The summed E-state index contributed by atoms with van der Waals surface area (Å²) in [7, 11) is 0. The Hall–Kier alpha value is -2.21. The van der Waals surface area contributed by atoms with Gasteiger partial charge in [0, 0.05) is 19.2 Å². The fourth-order valence-corrected chi connectivity index (χ4v) is 3.09. The molecule has 1 saturated heterocycles. The van der Waals surface area contributed by atoms with Crippen LogP contribution < -0.4 is 5.32 Å². The number of carbonyl (C=O) groups is 1. The Labute approximate surface area is 136 Å². The van der Waals surface area contributed by atoms with Crippen LogP contribution in [0.3, 0.4) is 0 Å². The zero-order valence-electron chi connectivity index (χ0n) is 13.7. The number of rotatable bonds is 5. The number of carbonyl (C=O) groups excluding carboxylic acids is 1. The number of hydrogen-bond acceptors (Lipinski definition) is 4. The predicted octanol–water partition coefficient (Wildman–Crippen LogP) is 2.09. The van der Waals surface area contributed by atoms with Crippen molar-refractivity contribution in [2.45, 2.75) is 45.8 Å². The smallest absolute Gasteiger partial charge is 0.217 e. The number of likely N-dealkylation sites (tertiary alicyclic amines) is 1. The van der Waals surface area contributed by atoms with Gasteiger partial charge in [-0.05, 0) is 38.4 Å². The fraction of sp³-hybridized carbons (Fsp3) is 0.471. The maximum atomic E-state index is 11.1. The fourth-order valence-electron chi connectivity index (χ4n) is 3.09. The maximum Gasteiger partial charge on any atom is 0.217 e. The van der Waals surface area contributed by atoms with Gasteiger partial charge in [-0.3, -0.25) is 14.7 Å². The van der Waals surface area contributed by atoms with E-state index in [2.05, 4.69) is 33.2 Å². The number of hydrogen-bond donors (Lipinski definition) is 2. The van der Waals surface area contributed by atoms with Gasteiger partial charge >= 0.3 is 0 Å². The highest BCUT2D eigenvalue weighted by Gasteiger charge is 2.28. The Morgan fingerprint density at radius 1 is 1.48 bits per heavy atom. The standard InChI is InChI=1S/C17H23N5O/c1-12-16(20-11-19-12)10-22-8-4-7-17(22)15-6-3-5-14(21-15)9-18-13(2)23/h3,5-6,11,17H,4,7-10H2,1-2H3,(H,18,23)(H,19,20). The molecule has 1 atom stereocenters. The highest BCUT2D eigenvalue weighted by molar-refractivity contribution is 5.72. The molecule has 0 bridgehead atoms. The van der Waals surface area contributed by atoms with Crippen LogP contribution >= 0.6 is 0 Å². The number of nitrogens with one attached hydrogen (secondary N) is 2. The number of nitrogens with zero attached hydrogens (tertiary/aromatic N) is 3. The molecule has 122 valence electrons. The third-order valence-corrected chi connectivity index (χ3v) is 4.34. The zero-order valence-corrected chi connectivity index (χ0v) is 13.7. The van der Waals surface area contributed by atoms with Crippen molar-refractivity contribution >= 4 is 5.91 Å². The molecule has 1 aliphatic heterocycles. The number of aryl methyl sites for hydroxylation is 1. The number of amides is 1. The van der Waals surface area contributed by atoms with Gasteiger partial charge in [0.05, 0.1) is 36.0 Å². The SMILES string of the molecule is CC(=O)NCc1cccc(C2CCCN2Cc2nc[nH]c2C)n1. The highest BCUT2D eigenvalue weighted by atomic mass is 16.1. The first-order valence-electron chi connectivity index (χ1n) is 8.06. The van der Waals surface area contributed by atoms with E-state index in [4.69, 9.17) is 4.98 Å². The summed E-state index contributed by atoms with van der Waals surface area (Å²) in [6.45, 7) is 5.97. The molecule has 2 aromatic rings. The molecule has 1 amide bonds. The van der Waals surface area contributed by atoms with Gasteiger partial charge in [0.25, 0.3) is 0 Å². The summed E-state index contributed by atoms with van der Waals surface area (Å²) < 4.78 is 0. The number of imidazole rings is 1. The number of H-pyrrole nitrogens is 1. The average Bonchev–Trinajstić information content (AvgIpc) is 3.16. The summed E-state index contributed by atoms with van der Waals surface area (Å²) in [4.78, 5) is 25.8. The molecule has 1 aliphatic rings. The highest BCUT2D eigenvalue weighted by Crippen LogP contribution is 2.32. The first-order chi connectivity index (χ1) is 11.1. The number of aromatic amines is 1. The van der Waals surface area contributed by atoms with Crippen molar-refractivity contribution < 1.29 is 4.79 Å². The van der Waals surface area contributed by atoms with Gasteiger partial charge in [0.15, 0.2) is 0 Å². The lowest BCUT2D eigenvalue weighted by molar-refractivity contribution is -0.119. The molecule has 2 aromatic heterocycles. The molecule has 3 rings (SSSR count). The van der Waals surface area contributed by atoms with Crippen molar-refractivity contribution in [2.75, 3.05) is 6.54 Å². The van der Waals surface area contributed by atoms with E-state index in [1.807, 2.05) is 12.1 Å². The minimum atomic E-state index is -0.0336. The van der Waals surface area contributed by atoms with Crippen molar-refractivity contribution in [3.63, 3.8) is 0 Å². The summed E-state index contributed by atoms with van der Waals surface area (Å²) in [6, 6.07) is 6.38. The van der Waals surface area contributed by atoms with Crippen LogP contribution in [-0.4, -0.2) is 32.3 Å². The Balaban J connectivity index is 1.73. The molecule has 23 heavy (non-hydrogen) atoms. The van der Waals surface area contributed by atoms with E-state index >= 15 is 0 Å². The Bertz CT molecular complexity index is 681. The Morgan fingerprint density at radius 3 is 3.09 bits per heavy atom. The van der Waals surface area contributed by atoms with Crippen LogP contribution in [0.15, 0.2) is 24.5 Å². The maximum absolute atomic E-state index is 11.1. The van der Waals surface area contributed by atoms with Gasteiger partial charge < -0.3 is 10.3 Å². The minimum absolute atomic E-state index is 0.0336. The first kappa shape index (κ1) is 15.7. The molecule has 6 heteroatoms. The molecule has 0 radical (unpaired) electrons. The quantitative estimate of drug-likeness (QED) is 0.886. The molecule has 3 heterocycles. The van der Waals surface area contributed by atoms with Gasteiger partial charge in [0.1, 0.15) is 0 Å². The Morgan fingerprint density at radius 2 is 2.35 bits per heavy atom. The van der Waals surface area contributed by atoms with Gasteiger partial charge in [-0.15, -0.1) is 0 Å². The lowest BCUT2D eigenvalue weighted by Crippen LogP contribution is -2.25. The molecule has 0 aliphatic carbocycles. The second kappa shape index (κ2) is 6.91. The molecular formula is C17H23N5O. The topological polar surface area (TPSA) is 73.9 Å². The van der Waals surface area contributed by atoms with E-state index in [1.165, 1.54) is 13.3 Å². The lowest BCUT2D eigenvalue weighted by atomic mass is 10.1. The summed E-state index contributed by atoms with van der Waals surface area (Å²) >= 11 is 0. The van der Waals surface area contributed by atoms with E-state index in [0.29, 0.717) is 12.6 Å². The molecule has 0 aromatic carbocycles. The average molecular weight is 313 g/mol. The number of aromatic nitrogens is 3. The third-order valence-electron chi connectivity index (χ3n) is 4.34. The van der Waals surface area contributed by atoms with E-state index in [9.17, 15) is 4.79 Å². The third kappa shape index (κ3) is 3.76. The van der Waals surface area contributed by atoms with Crippen LogP contribution in [0, 0.1) is 6.92 Å². The van der Waals surface area contributed by atoms with E-state index in [1.54, 1.807) is 6.33 Å². The molecule has 1 unspecified atom stereocenters. The van der Waals surface area contributed by atoms with Crippen LogP contribution in [0.4, 0.5) is 0 Å². The first-order valence-corrected chi connectivity index (χ1v) is 8.06. The van der Waals surface area contributed by atoms with Crippen LogP contribution in [0.5, 0.6) is 0 Å².